The molecule has 0 aliphatic rings. The molecule has 5 heavy (non-hydrogen) atoms. The summed E-state index contributed by atoms with van der Waals surface area (Å²) in [6.45, 7) is 0. The van der Waals surface area contributed by atoms with Crippen molar-refractivity contribution in [3.63, 3.8) is 0 Å². The number of halogens is 2. The first-order chi connectivity index (χ1) is 2.41. The van der Waals surface area contributed by atoms with Gasteiger partial charge in [0, 0.05) is 15.5 Å². The third kappa shape index (κ3) is 49.1. The number of rotatable bonds is 0. The van der Waals surface area contributed by atoms with Crippen molar-refractivity contribution < 1.29 is 0 Å². The van der Waals surface area contributed by atoms with Crippen molar-refractivity contribution in [3.05, 3.63) is 0 Å². The van der Waals surface area contributed by atoms with Gasteiger partial charge in [-0.05, 0) is 0 Å². The van der Waals surface area contributed by atoms with Crippen LogP contribution in [-0.4, -0.2) is 23.6 Å². The molecule has 0 heterocycles. The quantitative estimate of drug-likeness (QED) is 0.306. The van der Waals surface area contributed by atoms with Crippen molar-refractivity contribution >= 4 is 45.8 Å². The Morgan fingerprint density at radius 3 is 1.20 bits per heavy atom. The van der Waals surface area contributed by atoms with Gasteiger partial charge in [-0.2, -0.15) is 22.2 Å². The molecule has 0 spiro atoms. The van der Waals surface area contributed by atoms with E-state index in [9.17, 15) is 0 Å². The van der Waals surface area contributed by atoms with E-state index in [0.29, 0.717) is 0 Å². The van der Waals surface area contributed by atoms with Gasteiger partial charge in [-0.1, -0.05) is 0 Å². The SMILES string of the molecule is Cl[SiH2]Cl.[B][B]. The largest absolute Gasteiger partial charge is 0.222 e. The lowest BCUT2D eigenvalue weighted by Crippen LogP contribution is -1.38. The molecule has 0 aliphatic carbocycles. The molecule has 4 radical (unpaired) electrons. The van der Waals surface area contributed by atoms with E-state index in [1.54, 1.807) is 0 Å². The van der Waals surface area contributed by atoms with Gasteiger partial charge in [0.25, 0.3) is 0 Å². The summed E-state index contributed by atoms with van der Waals surface area (Å²) >= 11 is 9.81. The van der Waals surface area contributed by atoms with Crippen LogP contribution >= 0.6 is 22.2 Å². The van der Waals surface area contributed by atoms with Crippen LogP contribution in [0.2, 0.25) is 0 Å². The maximum atomic E-state index is 4.90. The first kappa shape index (κ1) is 9.33. The van der Waals surface area contributed by atoms with Crippen LogP contribution < -0.4 is 0 Å². The Bertz CT molecular complexity index is 7.61. The van der Waals surface area contributed by atoms with E-state index in [4.69, 9.17) is 22.2 Å². The second-order valence-corrected chi connectivity index (χ2v) is 2.73. The topological polar surface area (TPSA) is 0 Å². The summed E-state index contributed by atoms with van der Waals surface area (Å²) in [6.07, 6.45) is 0. The van der Waals surface area contributed by atoms with Gasteiger partial charge in [-0.25, -0.2) is 0 Å². The number of hydrogen-bond donors (Lipinski definition) is 0. The molecule has 0 atom stereocenters. The molecule has 0 unspecified atom stereocenters. The van der Waals surface area contributed by atoms with Crippen molar-refractivity contribution in [2.75, 3.05) is 0 Å². The van der Waals surface area contributed by atoms with E-state index in [1.165, 1.54) is 0 Å². The van der Waals surface area contributed by atoms with Crippen LogP contribution in [0.4, 0.5) is 0 Å². The summed E-state index contributed by atoms with van der Waals surface area (Å²) < 4.78 is 0. The highest BCUT2D eigenvalue weighted by molar-refractivity contribution is 7.22. The molecule has 0 aromatic heterocycles. The fraction of sp³-hybridized carbons (Fsp3) is 0. The van der Waals surface area contributed by atoms with Gasteiger partial charge in [0.1, 0.15) is 0 Å². The Balaban J connectivity index is 0. The molecule has 0 fully saturated rings. The predicted molar refractivity (Wildman–Crippen MR) is 31.8 cm³/mol. The average molecular weight is 123 g/mol. The third-order valence-electron chi connectivity index (χ3n) is 0. The van der Waals surface area contributed by atoms with Crippen LogP contribution in [-0.2, 0) is 0 Å². The smallest absolute Gasteiger partial charge is 0.155 e. The summed E-state index contributed by atoms with van der Waals surface area (Å²) in [4.78, 5) is 0. The molecule has 0 amide bonds. The summed E-state index contributed by atoms with van der Waals surface area (Å²) in [5.74, 6) is 0. The first-order valence-corrected chi connectivity index (χ1v) is 5.14. The van der Waals surface area contributed by atoms with Gasteiger partial charge in [0.2, 0.25) is 8.14 Å². The molecule has 0 N–H and O–H groups in total. The molecule has 0 rings (SSSR count). The first-order valence-electron chi connectivity index (χ1n) is 0.868. The Labute approximate surface area is 46.3 Å². The van der Waals surface area contributed by atoms with Crippen LogP contribution in [0, 0.1) is 0 Å². The zero-order chi connectivity index (χ0) is 4.71. The molecule has 5 heteroatoms. The second-order valence-electron chi connectivity index (χ2n) is 0.101. The van der Waals surface area contributed by atoms with Crippen molar-refractivity contribution in [1.82, 2.24) is 0 Å². The fourth-order valence-corrected chi connectivity index (χ4v) is 0. The average Bonchev–Trinajstić information content (AvgIpc) is 1.46. The van der Waals surface area contributed by atoms with E-state index < -0.39 is 8.14 Å². The normalized spacial score (nSPS) is 4.40. The van der Waals surface area contributed by atoms with Crippen LogP contribution in [0.3, 0.4) is 0 Å². The van der Waals surface area contributed by atoms with Gasteiger partial charge in [-0.3, -0.25) is 0 Å². The molecule has 0 nitrogen and oxygen atoms in total. The maximum Gasteiger partial charge on any atom is 0.222 e. The third-order valence-corrected chi connectivity index (χ3v) is 0. The molecule has 0 bridgehead atoms. The van der Waals surface area contributed by atoms with Gasteiger partial charge in [0.15, 0.2) is 0 Å². The van der Waals surface area contributed by atoms with Crippen LogP contribution in [0.25, 0.3) is 0 Å². The summed E-state index contributed by atoms with van der Waals surface area (Å²) in [5, 5.41) is 0. The summed E-state index contributed by atoms with van der Waals surface area (Å²) in [6, 6.07) is 0. The fourth-order valence-electron chi connectivity index (χ4n) is 0. The van der Waals surface area contributed by atoms with E-state index in [1.807, 2.05) is 0 Å². The van der Waals surface area contributed by atoms with Gasteiger partial charge in [0.05, 0.1) is 0 Å². The predicted octanol–water partition coefficient (Wildman–Crippen LogP) is -0.299. The van der Waals surface area contributed by atoms with E-state index in [-0.39, 0.29) is 0 Å². The van der Waals surface area contributed by atoms with Gasteiger partial charge in [-0.15, -0.1) is 0 Å². The Morgan fingerprint density at radius 2 is 1.20 bits per heavy atom. The molecule has 0 saturated carbocycles. The lowest BCUT2D eigenvalue weighted by atomic mass is 9.81. The molecular weight excluding hydrogens is 121 g/mol. The second kappa shape index (κ2) is 20.5. The minimum atomic E-state index is -0.639. The standard InChI is InChI=1S/B2.Cl2H2Si/c1-2;1-3-2/h;3H2. The zero-order valence-electron chi connectivity index (χ0n) is 2.62. The molecule has 0 aromatic rings. The van der Waals surface area contributed by atoms with Crippen molar-refractivity contribution in [2.45, 2.75) is 0 Å². The Hall–Kier alpha value is 0.927. The minimum Gasteiger partial charge on any atom is -0.155 e. The van der Waals surface area contributed by atoms with Crippen molar-refractivity contribution in [2.24, 2.45) is 0 Å². The van der Waals surface area contributed by atoms with E-state index in [2.05, 4.69) is 15.5 Å². The van der Waals surface area contributed by atoms with Gasteiger partial charge < -0.3 is 0 Å². The maximum absolute atomic E-state index is 4.90. The Kier molecular flexibility index (Phi) is 38.2. The summed E-state index contributed by atoms with van der Waals surface area (Å²) in [5.41, 5.74) is 0. The van der Waals surface area contributed by atoms with Crippen LogP contribution in [0.5, 0.6) is 0 Å². The van der Waals surface area contributed by atoms with Crippen molar-refractivity contribution in [3.8, 4) is 0 Å². The summed E-state index contributed by atoms with van der Waals surface area (Å²) in [7, 11) is 7.36. The lowest BCUT2D eigenvalue weighted by Gasteiger charge is -1.39. The van der Waals surface area contributed by atoms with Crippen LogP contribution in [0.15, 0.2) is 0 Å². The van der Waals surface area contributed by atoms with Gasteiger partial charge >= 0.3 is 0 Å². The molecule has 26 valence electrons. The lowest BCUT2D eigenvalue weighted by molar-refractivity contribution is 4.39. The minimum absolute atomic E-state index is 0.639. The van der Waals surface area contributed by atoms with E-state index in [0.717, 1.165) is 0 Å². The van der Waals surface area contributed by atoms with E-state index >= 15 is 0 Å². The molecule has 0 aliphatic heterocycles. The zero-order valence-corrected chi connectivity index (χ0v) is 5.54. The van der Waals surface area contributed by atoms with Crippen molar-refractivity contribution in [1.29, 1.82) is 0 Å². The molecule has 0 saturated heterocycles. The Morgan fingerprint density at radius 1 is 1.20 bits per heavy atom. The van der Waals surface area contributed by atoms with Crippen LogP contribution in [0.1, 0.15) is 0 Å². The number of hydrogen-bond acceptors (Lipinski definition) is 0. The highest BCUT2D eigenvalue weighted by atomic mass is 35.7. The molecule has 0 aromatic carbocycles. The highest BCUT2D eigenvalue weighted by Crippen LogP contribution is 1.67. The highest BCUT2D eigenvalue weighted by Gasteiger charge is 1.46. The monoisotopic (exact) mass is 122 g/mol. The molecular formula is H2B2Cl2Si.